The highest BCUT2D eigenvalue weighted by Gasteiger charge is 2.18. The van der Waals surface area contributed by atoms with Gasteiger partial charge in [-0.3, -0.25) is 4.79 Å². The first-order valence-corrected chi connectivity index (χ1v) is 6.49. The molecular weight excluding hydrogens is 226 g/mol. The van der Waals surface area contributed by atoms with Crippen molar-refractivity contribution in [2.45, 2.75) is 26.7 Å². The van der Waals surface area contributed by atoms with E-state index in [4.69, 9.17) is 5.11 Å². The van der Waals surface area contributed by atoms with Gasteiger partial charge >= 0.3 is 0 Å². The second-order valence-corrected chi connectivity index (χ2v) is 4.78. The Morgan fingerprint density at radius 3 is 2.44 bits per heavy atom. The van der Waals surface area contributed by atoms with E-state index in [1.165, 1.54) is 11.1 Å². The van der Waals surface area contributed by atoms with E-state index < -0.39 is 0 Å². The number of benzene rings is 1. The fraction of sp³-hybridized carbons (Fsp3) is 0.533. The number of aliphatic hydroxyl groups excluding tert-OH is 1. The van der Waals surface area contributed by atoms with E-state index in [9.17, 15) is 4.79 Å². The van der Waals surface area contributed by atoms with E-state index in [2.05, 4.69) is 31.2 Å². The summed E-state index contributed by atoms with van der Waals surface area (Å²) >= 11 is 0. The summed E-state index contributed by atoms with van der Waals surface area (Å²) in [6.45, 7) is 4.61. The van der Waals surface area contributed by atoms with Gasteiger partial charge in [0.15, 0.2) is 0 Å². The molecule has 3 heteroatoms. The van der Waals surface area contributed by atoms with Gasteiger partial charge < -0.3 is 10.0 Å². The van der Waals surface area contributed by atoms with Crippen molar-refractivity contribution < 1.29 is 9.90 Å². The molecule has 0 bridgehead atoms. The third-order valence-corrected chi connectivity index (χ3v) is 3.30. The fourth-order valence-corrected chi connectivity index (χ4v) is 1.86. The average Bonchev–Trinajstić information content (AvgIpc) is 2.39. The highest BCUT2D eigenvalue weighted by molar-refractivity contribution is 5.78. The molecular formula is C15H23NO2. The van der Waals surface area contributed by atoms with Gasteiger partial charge in [-0.25, -0.2) is 0 Å². The van der Waals surface area contributed by atoms with Crippen molar-refractivity contribution >= 4 is 5.91 Å². The number of aryl methyl sites for hydroxylation is 1. The highest BCUT2D eigenvalue weighted by Crippen LogP contribution is 2.08. The van der Waals surface area contributed by atoms with Gasteiger partial charge in [-0.1, -0.05) is 36.8 Å². The van der Waals surface area contributed by atoms with Gasteiger partial charge in [-0.15, -0.1) is 0 Å². The van der Waals surface area contributed by atoms with E-state index in [1.807, 2.05) is 6.92 Å². The standard InChI is InChI=1S/C15H23NO2/c1-4-14(11-17)15(18)16(3)10-9-13-7-5-12(2)6-8-13/h5-8,14,17H,4,9-11H2,1-3H3. The van der Waals surface area contributed by atoms with Gasteiger partial charge in [-0.05, 0) is 25.3 Å². The molecule has 1 aromatic carbocycles. The SMILES string of the molecule is CCC(CO)C(=O)N(C)CCc1ccc(C)cc1. The molecule has 1 aromatic rings. The number of hydrogen-bond donors (Lipinski definition) is 1. The second kappa shape index (κ2) is 7.17. The summed E-state index contributed by atoms with van der Waals surface area (Å²) in [7, 11) is 1.80. The quantitative estimate of drug-likeness (QED) is 0.838. The van der Waals surface area contributed by atoms with E-state index in [0.717, 1.165) is 6.42 Å². The molecule has 1 rings (SSSR count). The van der Waals surface area contributed by atoms with Crippen LogP contribution in [0.2, 0.25) is 0 Å². The minimum Gasteiger partial charge on any atom is -0.396 e. The monoisotopic (exact) mass is 249 g/mol. The fourth-order valence-electron chi connectivity index (χ4n) is 1.86. The van der Waals surface area contributed by atoms with Crippen molar-refractivity contribution in [3.63, 3.8) is 0 Å². The molecule has 0 saturated heterocycles. The van der Waals surface area contributed by atoms with Crippen molar-refractivity contribution in [3.05, 3.63) is 35.4 Å². The zero-order chi connectivity index (χ0) is 13.5. The third-order valence-electron chi connectivity index (χ3n) is 3.30. The van der Waals surface area contributed by atoms with Crippen LogP contribution in [-0.4, -0.2) is 36.1 Å². The first-order chi connectivity index (χ1) is 8.58. The predicted octanol–water partition coefficient (Wildman–Crippen LogP) is 2.01. The molecule has 3 nitrogen and oxygen atoms in total. The van der Waals surface area contributed by atoms with Crippen molar-refractivity contribution in [1.82, 2.24) is 4.90 Å². The normalized spacial score (nSPS) is 12.2. The highest BCUT2D eigenvalue weighted by atomic mass is 16.3. The zero-order valence-electron chi connectivity index (χ0n) is 11.5. The Bertz CT molecular complexity index is 369. The van der Waals surface area contributed by atoms with Crippen LogP contribution in [-0.2, 0) is 11.2 Å². The number of likely N-dealkylation sites (N-methyl/N-ethyl adjacent to an activating group) is 1. The van der Waals surface area contributed by atoms with Crippen LogP contribution in [0, 0.1) is 12.8 Å². The summed E-state index contributed by atoms with van der Waals surface area (Å²) in [4.78, 5) is 13.7. The summed E-state index contributed by atoms with van der Waals surface area (Å²) in [5, 5.41) is 9.11. The van der Waals surface area contributed by atoms with Gasteiger partial charge in [0, 0.05) is 13.6 Å². The maximum Gasteiger partial charge on any atom is 0.227 e. The van der Waals surface area contributed by atoms with Gasteiger partial charge in [0.2, 0.25) is 5.91 Å². The van der Waals surface area contributed by atoms with Crippen LogP contribution in [0.4, 0.5) is 0 Å². The smallest absolute Gasteiger partial charge is 0.227 e. The first kappa shape index (κ1) is 14.7. The second-order valence-electron chi connectivity index (χ2n) is 4.78. The summed E-state index contributed by atoms with van der Waals surface area (Å²) < 4.78 is 0. The maximum absolute atomic E-state index is 11.9. The lowest BCUT2D eigenvalue weighted by Gasteiger charge is -2.21. The molecule has 100 valence electrons. The molecule has 0 aliphatic heterocycles. The van der Waals surface area contributed by atoms with Crippen LogP contribution in [0.25, 0.3) is 0 Å². The van der Waals surface area contributed by atoms with Gasteiger partial charge in [0.05, 0.1) is 12.5 Å². The van der Waals surface area contributed by atoms with Crippen molar-refractivity contribution in [2.75, 3.05) is 20.2 Å². The topological polar surface area (TPSA) is 40.5 Å². The van der Waals surface area contributed by atoms with Crippen LogP contribution in [0.15, 0.2) is 24.3 Å². The number of rotatable bonds is 6. The molecule has 1 amide bonds. The van der Waals surface area contributed by atoms with Gasteiger partial charge in [-0.2, -0.15) is 0 Å². The molecule has 0 saturated carbocycles. The number of aliphatic hydroxyl groups is 1. The largest absolute Gasteiger partial charge is 0.396 e. The Labute approximate surface area is 109 Å². The van der Waals surface area contributed by atoms with Crippen LogP contribution in [0.1, 0.15) is 24.5 Å². The lowest BCUT2D eigenvalue weighted by atomic mass is 10.1. The van der Waals surface area contributed by atoms with E-state index in [0.29, 0.717) is 13.0 Å². The minimum absolute atomic E-state index is 0.0344. The Kier molecular flexibility index (Phi) is 5.86. The number of nitrogens with zero attached hydrogens (tertiary/aromatic N) is 1. The lowest BCUT2D eigenvalue weighted by Crippen LogP contribution is -2.35. The van der Waals surface area contributed by atoms with Crippen LogP contribution in [0.3, 0.4) is 0 Å². The predicted molar refractivity (Wildman–Crippen MR) is 73.4 cm³/mol. The number of hydrogen-bond acceptors (Lipinski definition) is 2. The maximum atomic E-state index is 11.9. The third kappa shape index (κ3) is 4.15. The lowest BCUT2D eigenvalue weighted by molar-refractivity contribution is -0.135. The summed E-state index contributed by atoms with van der Waals surface area (Å²) in [6.07, 6.45) is 1.54. The first-order valence-electron chi connectivity index (χ1n) is 6.49. The zero-order valence-corrected chi connectivity index (χ0v) is 11.5. The van der Waals surface area contributed by atoms with Gasteiger partial charge in [0.25, 0.3) is 0 Å². The molecule has 0 radical (unpaired) electrons. The molecule has 0 aliphatic carbocycles. The van der Waals surface area contributed by atoms with Crippen molar-refractivity contribution in [1.29, 1.82) is 0 Å². The average molecular weight is 249 g/mol. The minimum atomic E-state index is -0.256. The number of carbonyl (C=O) groups is 1. The Morgan fingerprint density at radius 1 is 1.33 bits per heavy atom. The Balaban J connectivity index is 2.47. The molecule has 1 atom stereocenters. The summed E-state index contributed by atoms with van der Waals surface area (Å²) in [6, 6.07) is 8.35. The molecule has 0 aliphatic rings. The van der Waals surface area contributed by atoms with E-state index in [1.54, 1.807) is 11.9 Å². The van der Waals surface area contributed by atoms with E-state index >= 15 is 0 Å². The van der Waals surface area contributed by atoms with Crippen LogP contribution >= 0.6 is 0 Å². The molecule has 0 fully saturated rings. The molecule has 1 N–H and O–H groups in total. The molecule has 1 unspecified atom stereocenters. The van der Waals surface area contributed by atoms with Crippen LogP contribution in [0.5, 0.6) is 0 Å². The Hall–Kier alpha value is -1.35. The number of carbonyl (C=O) groups excluding carboxylic acids is 1. The van der Waals surface area contributed by atoms with E-state index in [-0.39, 0.29) is 18.4 Å². The molecule has 0 spiro atoms. The van der Waals surface area contributed by atoms with Crippen LogP contribution < -0.4 is 0 Å². The Morgan fingerprint density at radius 2 is 1.94 bits per heavy atom. The molecule has 0 heterocycles. The molecule has 18 heavy (non-hydrogen) atoms. The summed E-state index contributed by atoms with van der Waals surface area (Å²) in [5.74, 6) is -0.222. The summed E-state index contributed by atoms with van der Waals surface area (Å²) in [5.41, 5.74) is 2.48. The number of amides is 1. The van der Waals surface area contributed by atoms with Crippen molar-refractivity contribution in [2.24, 2.45) is 5.92 Å². The molecule has 0 aromatic heterocycles. The van der Waals surface area contributed by atoms with Crippen molar-refractivity contribution in [3.8, 4) is 0 Å². The van der Waals surface area contributed by atoms with Gasteiger partial charge in [0.1, 0.15) is 0 Å².